The van der Waals surface area contributed by atoms with E-state index in [1.54, 1.807) is 24.3 Å². The normalized spacial score (nSPS) is 14.7. The number of amides is 1. The third-order valence-corrected chi connectivity index (χ3v) is 7.10. The number of nitrogens with two attached hydrogens (primary N) is 2. The number of aromatic hydroxyl groups is 2. The predicted octanol–water partition coefficient (Wildman–Crippen LogP) is 3.15. The summed E-state index contributed by atoms with van der Waals surface area (Å²) in [6.45, 7) is 1.19. The predicted molar refractivity (Wildman–Crippen MR) is 184 cm³/mol. The van der Waals surface area contributed by atoms with Gasteiger partial charge in [-0.3, -0.25) is 14.4 Å². The number of rotatable bonds is 13. The summed E-state index contributed by atoms with van der Waals surface area (Å²) in [6.07, 6.45) is 1.17. The highest BCUT2D eigenvalue weighted by atomic mass is 16.6. The van der Waals surface area contributed by atoms with Crippen molar-refractivity contribution in [2.45, 2.75) is 50.1 Å². The molecule has 0 aliphatic carbocycles. The number of carbonyl (C=O) groups excluding carboxylic acids is 1. The fourth-order valence-corrected chi connectivity index (χ4v) is 4.55. The number of ether oxygens (including phenoxy) is 2. The van der Waals surface area contributed by atoms with Crippen LogP contribution in [0.5, 0.6) is 17.2 Å². The van der Waals surface area contributed by atoms with Gasteiger partial charge in [0.25, 0.3) is 0 Å². The number of phenolic OH excluding ortho intramolecular Hbond substituents is 2. The molecular weight excluding hydrogens is 629 g/mol. The van der Waals surface area contributed by atoms with Crippen molar-refractivity contribution in [3.63, 3.8) is 0 Å². The molecule has 0 aromatic heterocycles. The lowest BCUT2D eigenvalue weighted by atomic mass is 10.0. The number of hydrogen-bond acceptors (Lipinski definition) is 9. The van der Waals surface area contributed by atoms with Gasteiger partial charge < -0.3 is 46.7 Å². The summed E-state index contributed by atoms with van der Waals surface area (Å²) >= 11 is 0. The summed E-state index contributed by atoms with van der Waals surface area (Å²) in [4.78, 5) is 31.9. The van der Waals surface area contributed by atoms with Crippen molar-refractivity contribution in [3.8, 4) is 17.2 Å². The van der Waals surface area contributed by atoms with Crippen molar-refractivity contribution in [1.29, 1.82) is 0 Å². The Hall–Kier alpha value is -5.37. The Bertz CT molecular complexity index is 1590. The van der Waals surface area contributed by atoms with E-state index in [-0.39, 0.29) is 36.5 Å². The lowest BCUT2D eigenvalue weighted by molar-refractivity contribution is -0.139. The van der Waals surface area contributed by atoms with Crippen molar-refractivity contribution in [2.24, 2.45) is 11.5 Å². The lowest BCUT2D eigenvalue weighted by Gasteiger charge is -2.16. The molecular formula is C36H40BN3O9. The molecule has 9 N–H and O–H groups in total. The van der Waals surface area contributed by atoms with Gasteiger partial charge in [0, 0.05) is 0 Å². The fraction of sp³-hybridized carbons (Fsp3) is 0.250. The zero-order valence-electron chi connectivity index (χ0n) is 26.7. The number of epoxide rings is 1. The molecule has 4 atom stereocenters. The molecule has 4 aromatic carbocycles. The van der Waals surface area contributed by atoms with Crippen molar-refractivity contribution in [1.82, 2.24) is 5.32 Å². The van der Waals surface area contributed by atoms with Crippen LogP contribution in [0, 0.1) is 0 Å². The van der Waals surface area contributed by atoms with Crippen LogP contribution in [0.15, 0.2) is 103 Å². The molecule has 2 radical (unpaired) electrons. The van der Waals surface area contributed by atoms with E-state index in [0.717, 1.165) is 28.0 Å². The van der Waals surface area contributed by atoms with Gasteiger partial charge in [-0.25, -0.2) is 0 Å². The number of benzene rings is 4. The van der Waals surface area contributed by atoms with Crippen molar-refractivity contribution < 1.29 is 44.3 Å². The molecule has 1 saturated heterocycles. The quantitative estimate of drug-likeness (QED) is 0.0810. The molecule has 256 valence electrons. The first-order valence-electron chi connectivity index (χ1n) is 15.4. The Kier molecular flexibility index (Phi) is 15.1. The number of aliphatic carboxylic acids is 2. The van der Waals surface area contributed by atoms with Gasteiger partial charge in [-0.05, 0) is 77.9 Å². The molecule has 1 amide bonds. The topological polar surface area (TPSA) is 218 Å². The first-order chi connectivity index (χ1) is 23.4. The molecule has 0 spiro atoms. The Morgan fingerprint density at radius 2 is 1.20 bits per heavy atom. The Balaban J connectivity index is 0.000000215. The number of carboxylic acids is 2. The molecule has 4 aromatic rings. The van der Waals surface area contributed by atoms with Crippen molar-refractivity contribution >= 4 is 25.6 Å². The van der Waals surface area contributed by atoms with Gasteiger partial charge in [-0.1, -0.05) is 66.7 Å². The molecule has 5 rings (SSSR count). The molecule has 1 aliphatic rings. The van der Waals surface area contributed by atoms with Crippen LogP contribution in [0.4, 0.5) is 4.79 Å². The number of nitrogens with one attached hydrogen (secondary N) is 1. The van der Waals surface area contributed by atoms with E-state index in [1.165, 1.54) is 24.3 Å². The minimum absolute atomic E-state index is 0.0522. The standard InChI is InChI=1S/C18H18BNO3.2C9H11NO3/c19-18(21)20-16(17-12-23-17)10-14-7-4-8-15(9-14)22-11-13-5-2-1-3-6-13;2*10-8(9(12)13)5-6-2-1-3-7(11)4-6/h1-9,16-17H,10-12H2,(H,20,21);2*1-4,8,11H,5,10H2,(H,12,13)/t16-,17-;8-;/m11./s1. The van der Waals surface area contributed by atoms with Gasteiger partial charge in [0.1, 0.15) is 42.0 Å². The molecule has 1 fully saturated rings. The van der Waals surface area contributed by atoms with Crippen molar-refractivity contribution in [3.05, 3.63) is 125 Å². The van der Waals surface area contributed by atoms with Crippen LogP contribution >= 0.6 is 0 Å². The molecule has 12 nitrogen and oxygen atoms in total. The molecule has 0 saturated carbocycles. The summed E-state index contributed by atoms with van der Waals surface area (Å²) in [6, 6.07) is 28.8. The van der Waals surface area contributed by atoms with Gasteiger partial charge in [-0.2, -0.15) is 0 Å². The number of phenols is 2. The first-order valence-corrected chi connectivity index (χ1v) is 15.4. The van der Waals surface area contributed by atoms with Crippen LogP contribution in [0.2, 0.25) is 0 Å². The van der Waals surface area contributed by atoms with Crippen LogP contribution in [0.25, 0.3) is 0 Å². The smallest absolute Gasteiger partial charge is 0.320 e. The fourth-order valence-electron chi connectivity index (χ4n) is 4.55. The maximum absolute atomic E-state index is 11.1. The zero-order chi connectivity index (χ0) is 35.8. The second-order valence-corrected chi connectivity index (χ2v) is 11.3. The van der Waals surface area contributed by atoms with E-state index in [2.05, 4.69) is 5.32 Å². The summed E-state index contributed by atoms with van der Waals surface area (Å²) in [5.74, 6) is -1.56. The second kappa shape index (κ2) is 19.5. The summed E-state index contributed by atoms with van der Waals surface area (Å²) in [7, 11) is 5.22. The molecule has 1 aliphatic heterocycles. The van der Waals surface area contributed by atoms with Crippen LogP contribution in [-0.2, 0) is 40.2 Å². The average molecular weight is 670 g/mol. The van der Waals surface area contributed by atoms with Gasteiger partial charge in [0.05, 0.1) is 12.6 Å². The SMILES string of the molecule is NC(Cc1cccc(O)c1)C(=O)O.N[C@H](Cc1cccc(O)c1)C(=O)O.[B]C(=O)N[C@H](Cc1cccc(OCc2ccccc2)c1)[C@H]1CO1. The molecule has 1 unspecified atom stereocenters. The average Bonchev–Trinajstić information content (AvgIpc) is 3.91. The minimum Gasteiger partial charge on any atom is -0.508 e. The van der Waals surface area contributed by atoms with E-state index >= 15 is 0 Å². The monoisotopic (exact) mass is 669 g/mol. The second-order valence-electron chi connectivity index (χ2n) is 11.3. The largest absolute Gasteiger partial charge is 0.508 e. The van der Waals surface area contributed by atoms with Gasteiger partial charge >= 0.3 is 11.9 Å². The zero-order valence-corrected chi connectivity index (χ0v) is 26.7. The molecule has 0 bridgehead atoms. The summed E-state index contributed by atoms with van der Waals surface area (Å²) in [5.41, 5.74) is 14.3. The number of carbonyl (C=O) groups is 3. The Morgan fingerprint density at radius 1 is 0.735 bits per heavy atom. The highest BCUT2D eigenvalue weighted by Crippen LogP contribution is 2.21. The third-order valence-electron chi connectivity index (χ3n) is 7.10. The maximum Gasteiger partial charge on any atom is 0.320 e. The van der Waals surface area contributed by atoms with E-state index in [1.807, 2.05) is 54.6 Å². The highest BCUT2D eigenvalue weighted by Gasteiger charge is 2.33. The van der Waals surface area contributed by atoms with E-state index in [9.17, 15) is 14.4 Å². The van der Waals surface area contributed by atoms with Gasteiger partial charge in [0.2, 0.25) is 7.85 Å². The Labute approximate surface area is 285 Å². The summed E-state index contributed by atoms with van der Waals surface area (Å²) in [5, 5.41) is 37.9. The molecule has 49 heavy (non-hydrogen) atoms. The number of carboxylic acid groups (broad SMARTS) is 2. The third kappa shape index (κ3) is 14.9. The number of hydrogen-bond donors (Lipinski definition) is 7. The first kappa shape index (κ1) is 38.1. The van der Waals surface area contributed by atoms with Crippen LogP contribution in [0.1, 0.15) is 22.3 Å². The van der Waals surface area contributed by atoms with E-state index < -0.39 is 29.8 Å². The van der Waals surface area contributed by atoms with E-state index in [4.69, 9.17) is 49.2 Å². The summed E-state index contributed by atoms with van der Waals surface area (Å²) < 4.78 is 11.1. The highest BCUT2D eigenvalue weighted by molar-refractivity contribution is 6.57. The van der Waals surface area contributed by atoms with Crippen molar-refractivity contribution in [2.75, 3.05) is 6.61 Å². The lowest BCUT2D eigenvalue weighted by Crippen LogP contribution is -2.39. The van der Waals surface area contributed by atoms with E-state index in [0.29, 0.717) is 19.6 Å². The maximum atomic E-state index is 11.1. The van der Waals surface area contributed by atoms with Crippen LogP contribution in [-0.4, -0.2) is 76.9 Å². The van der Waals surface area contributed by atoms with Crippen LogP contribution < -0.4 is 21.5 Å². The Morgan fingerprint density at radius 3 is 1.65 bits per heavy atom. The molecule has 1 heterocycles. The molecule has 13 heteroatoms. The van der Waals surface area contributed by atoms with Gasteiger partial charge in [0.15, 0.2) is 5.81 Å². The minimum atomic E-state index is -1.04. The van der Waals surface area contributed by atoms with Gasteiger partial charge in [-0.15, -0.1) is 0 Å². The van der Waals surface area contributed by atoms with Crippen LogP contribution in [0.3, 0.4) is 0 Å².